The average Bonchev–Trinajstić information content (AvgIpc) is 3.43. The van der Waals surface area contributed by atoms with E-state index in [0.29, 0.717) is 57.1 Å². The summed E-state index contributed by atoms with van der Waals surface area (Å²) in [6.45, 7) is 3.00. The zero-order valence-electron chi connectivity index (χ0n) is 17.6. The van der Waals surface area contributed by atoms with Crippen LogP contribution in [0.1, 0.15) is 37.3 Å². The fourth-order valence-electron chi connectivity index (χ4n) is 4.39. The number of rotatable bonds is 6. The van der Waals surface area contributed by atoms with Crippen molar-refractivity contribution in [3.8, 4) is 0 Å². The Balaban J connectivity index is 1.44. The Kier molecular flexibility index (Phi) is 7.01. The van der Waals surface area contributed by atoms with Gasteiger partial charge in [0.1, 0.15) is 0 Å². The molecule has 7 nitrogen and oxygen atoms in total. The van der Waals surface area contributed by atoms with E-state index >= 15 is 0 Å². The van der Waals surface area contributed by atoms with Gasteiger partial charge in [0.15, 0.2) is 0 Å². The number of hydrogen-bond donors (Lipinski definition) is 0. The average molecular weight is 465 g/mol. The Morgan fingerprint density at radius 3 is 2.16 bits per heavy atom. The molecular weight excluding hydrogens is 436 g/mol. The molecule has 1 atom stereocenters. The van der Waals surface area contributed by atoms with E-state index in [1.54, 1.807) is 8.61 Å². The molecule has 2 saturated heterocycles. The van der Waals surface area contributed by atoms with Crippen LogP contribution in [0.15, 0.2) is 48.8 Å². The van der Waals surface area contributed by atoms with E-state index < -0.39 is 10.2 Å². The molecule has 2 aliphatic rings. The largest absolute Gasteiger partial charge is 0.346 e. The number of benzene rings is 1. The second kappa shape index (κ2) is 9.73. The number of halogens is 1. The van der Waals surface area contributed by atoms with Gasteiger partial charge in [-0.25, -0.2) is 0 Å². The van der Waals surface area contributed by atoms with E-state index in [-0.39, 0.29) is 11.9 Å². The summed E-state index contributed by atoms with van der Waals surface area (Å²) in [5.41, 5.74) is 1.02. The molecule has 1 aromatic carbocycles. The van der Waals surface area contributed by atoms with Gasteiger partial charge in [0.25, 0.3) is 10.2 Å². The molecule has 2 aliphatic heterocycles. The molecule has 0 unspecified atom stereocenters. The molecule has 1 amide bonds. The molecule has 3 heterocycles. The first-order valence-corrected chi connectivity index (χ1v) is 12.6. The molecule has 2 fully saturated rings. The normalized spacial score (nSPS) is 20.0. The Bertz CT molecular complexity index is 973. The highest BCUT2D eigenvalue weighted by molar-refractivity contribution is 7.86. The number of aromatic nitrogens is 1. The van der Waals surface area contributed by atoms with Crippen molar-refractivity contribution in [1.29, 1.82) is 0 Å². The Labute approximate surface area is 189 Å². The first kappa shape index (κ1) is 22.3. The Hall–Kier alpha value is -1.87. The maximum atomic E-state index is 13.2. The maximum Gasteiger partial charge on any atom is 0.282 e. The van der Waals surface area contributed by atoms with Gasteiger partial charge in [-0.05, 0) is 49.1 Å². The summed E-state index contributed by atoms with van der Waals surface area (Å²) in [5, 5.41) is 0.660. The van der Waals surface area contributed by atoms with Crippen LogP contribution in [0.2, 0.25) is 5.02 Å². The highest BCUT2D eigenvalue weighted by Gasteiger charge is 2.33. The predicted octanol–water partition coefficient (Wildman–Crippen LogP) is 3.00. The van der Waals surface area contributed by atoms with Crippen molar-refractivity contribution in [1.82, 2.24) is 18.1 Å². The van der Waals surface area contributed by atoms with Crippen LogP contribution in [0.3, 0.4) is 0 Å². The molecule has 4 rings (SSSR count). The van der Waals surface area contributed by atoms with Crippen molar-refractivity contribution in [2.45, 2.75) is 31.7 Å². The van der Waals surface area contributed by atoms with Crippen molar-refractivity contribution in [3.63, 3.8) is 0 Å². The van der Waals surface area contributed by atoms with Crippen LogP contribution in [0.5, 0.6) is 0 Å². The van der Waals surface area contributed by atoms with Crippen LogP contribution >= 0.6 is 11.6 Å². The van der Waals surface area contributed by atoms with Gasteiger partial charge >= 0.3 is 0 Å². The van der Waals surface area contributed by atoms with Crippen LogP contribution < -0.4 is 0 Å². The zero-order chi connectivity index (χ0) is 21.8. The standard InChI is InChI=1S/C22H29ClN4O3S/c23-20-8-6-19(7-9-20)21(24-10-1-2-11-24)18-22(28)25-12-5-15-27(17-16-25)31(29,30)26-13-3-4-14-26/h1-2,6-11,21H,3-5,12-18H2/t21-/m0/s1. The fraction of sp³-hybridized carbons (Fsp3) is 0.500. The number of nitrogens with zero attached hydrogens (tertiary/aromatic N) is 4. The first-order chi connectivity index (χ1) is 14.9. The second-order valence-corrected chi connectivity index (χ2v) is 10.5. The SMILES string of the molecule is O=C(C[C@@H](c1ccc(Cl)cc1)n1cccc1)N1CCCN(S(=O)(=O)N2CCCC2)CC1. The molecule has 31 heavy (non-hydrogen) atoms. The number of hydrogen-bond acceptors (Lipinski definition) is 3. The summed E-state index contributed by atoms with van der Waals surface area (Å²) in [6, 6.07) is 11.3. The third-order valence-corrected chi connectivity index (χ3v) is 8.42. The molecule has 1 aromatic heterocycles. The van der Waals surface area contributed by atoms with E-state index in [0.717, 1.165) is 18.4 Å². The molecule has 0 saturated carbocycles. The van der Waals surface area contributed by atoms with Crippen LogP contribution in [0.25, 0.3) is 0 Å². The van der Waals surface area contributed by atoms with Gasteiger partial charge in [0.05, 0.1) is 12.5 Å². The van der Waals surface area contributed by atoms with E-state index in [1.807, 2.05) is 58.3 Å². The van der Waals surface area contributed by atoms with Crippen LogP contribution in [-0.4, -0.2) is 71.7 Å². The van der Waals surface area contributed by atoms with Gasteiger partial charge in [0, 0.05) is 56.7 Å². The molecular formula is C22H29ClN4O3S. The van der Waals surface area contributed by atoms with Crippen LogP contribution in [-0.2, 0) is 15.0 Å². The molecule has 9 heteroatoms. The van der Waals surface area contributed by atoms with Gasteiger partial charge < -0.3 is 9.47 Å². The predicted molar refractivity (Wildman–Crippen MR) is 121 cm³/mol. The number of carbonyl (C=O) groups excluding carboxylic acids is 1. The van der Waals surface area contributed by atoms with E-state index in [4.69, 9.17) is 11.6 Å². The van der Waals surface area contributed by atoms with Crippen molar-refractivity contribution < 1.29 is 13.2 Å². The molecule has 0 spiro atoms. The van der Waals surface area contributed by atoms with Gasteiger partial charge in [-0.1, -0.05) is 23.7 Å². The van der Waals surface area contributed by atoms with Crippen molar-refractivity contribution in [2.24, 2.45) is 0 Å². The second-order valence-electron chi connectivity index (χ2n) is 8.15. The Morgan fingerprint density at radius 1 is 0.871 bits per heavy atom. The summed E-state index contributed by atoms with van der Waals surface area (Å²) in [7, 11) is -3.43. The van der Waals surface area contributed by atoms with Gasteiger partial charge in [-0.3, -0.25) is 4.79 Å². The number of carbonyl (C=O) groups is 1. The molecule has 0 radical (unpaired) electrons. The maximum absolute atomic E-state index is 13.2. The van der Waals surface area contributed by atoms with E-state index in [9.17, 15) is 13.2 Å². The minimum Gasteiger partial charge on any atom is -0.346 e. The highest BCUT2D eigenvalue weighted by atomic mass is 35.5. The van der Waals surface area contributed by atoms with Gasteiger partial charge in [0.2, 0.25) is 5.91 Å². The third-order valence-electron chi connectivity index (χ3n) is 6.14. The van der Waals surface area contributed by atoms with E-state index in [2.05, 4.69) is 0 Å². The molecule has 0 N–H and O–H groups in total. The molecule has 168 valence electrons. The van der Waals surface area contributed by atoms with E-state index in [1.165, 1.54) is 0 Å². The van der Waals surface area contributed by atoms with Crippen LogP contribution in [0, 0.1) is 0 Å². The Morgan fingerprint density at radius 2 is 1.48 bits per heavy atom. The smallest absolute Gasteiger partial charge is 0.282 e. The summed E-state index contributed by atoms with van der Waals surface area (Å²) >= 11 is 6.05. The number of amides is 1. The lowest BCUT2D eigenvalue weighted by atomic mass is 10.0. The van der Waals surface area contributed by atoms with Gasteiger partial charge in [-0.15, -0.1) is 0 Å². The summed E-state index contributed by atoms with van der Waals surface area (Å²) in [6.07, 6.45) is 6.72. The zero-order valence-corrected chi connectivity index (χ0v) is 19.1. The minimum absolute atomic E-state index is 0.0362. The minimum atomic E-state index is -3.43. The monoisotopic (exact) mass is 464 g/mol. The molecule has 0 bridgehead atoms. The highest BCUT2D eigenvalue weighted by Crippen LogP contribution is 2.25. The first-order valence-electron chi connectivity index (χ1n) is 10.9. The van der Waals surface area contributed by atoms with Crippen molar-refractivity contribution in [2.75, 3.05) is 39.3 Å². The summed E-state index contributed by atoms with van der Waals surface area (Å²) in [5.74, 6) is 0.0362. The molecule has 2 aromatic rings. The summed E-state index contributed by atoms with van der Waals surface area (Å²) < 4.78 is 31.0. The lowest BCUT2D eigenvalue weighted by Crippen LogP contribution is -2.44. The quantitative estimate of drug-likeness (QED) is 0.660. The van der Waals surface area contributed by atoms with Gasteiger partial charge in [-0.2, -0.15) is 17.0 Å². The third kappa shape index (κ3) is 5.14. The molecule has 0 aliphatic carbocycles. The lowest BCUT2D eigenvalue weighted by Gasteiger charge is -2.27. The lowest BCUT2D eigenvalue weighted by molar-refractivity contribution is -0.131. The summed E-state index contributed by atoms with van der Waals surface area (Å²) in [4.78, 5) is 15.0. The van der Waals surface area contributed by atoms with Crippen molar-refractivity contribution >= 4 is 27.7 Å². The van der Waals surface area contributed by atoms with Crippen molar-refractivity contribution in [3.05, 3.63) is 59.4 Å². The van der Waals surface area contributed by atoms with Crippen LogP contribution in [0.4, 0.5) is 0 Å². The fourth-order valence-corrected chi connectivity index (χ4v) is 6.23. The topological polar surface area (TPSA) is 65.9 Å².